The minimum Gasteiger partial charge on any atom is -0.508 e. The summed E-state index contributed by atoms with van der Waals surface area (Å²) in [6.45, 7) is 11.6. The second kappa shape index (κ2) is 58.5. The third-order valence-electron chi connectivity index (χ3n) is 24.5. The van der Waals surface area contributed by atoms with E-state index in [9.17, 15) is 77.6 Å². The van der Waals surface area contributed by atoms with Gasteiger partial charge in [0.2, 0.25) is 82.7 Å². The molecule has 0 saturated carbocycles. The number of aliphatic hydroxyl groups is 2. The number of benzene rings is 3. The summed E-state index contributed by atoms with van der Waals surface area (Å²) in [5.41, 5.74) is 19.9. The zero-order valence-corrected chi connectivity index (χ0v) is 80.7. The van der Waals surface area contributed by atoms with Crippen LogP contribution in [0.15, 0.2) is 96.6 Å². The lowest BCUT2D eigenvalue weighted by Crippen LogP contribution is -2.61. The van der Waals surface area contributed by atoms with Crippen LogP contribution >= 0.6 is 0 Å². The average Bonchev–Trinajstić information content (AvgIpc) is 1.48. The molecule has 0 spiro atoms. The van der Waals surface area contributed by atoms with E-state index in [0.29, 0.717) is 48.2 Å². The Bertz CT molecular complexity index is 5040. The molecule has 42 heteroatoms. The first kappa shape index (κ1) is 112. The standard InChI is InChI=1S/C96H146N24O18/c1-9-11-12-13-14-15-16-17-18-19-20-21-22-32-80(125)109-78(55-122)91(134)116-77(54-121)84(127)103-39-26-25-30-71(110-92(135)82(98)60(7)10-2)95(138)119-43-41-118(42-44-119)64-35-38-69-67(49-64)94(137)120(57-107-69)53-81(126)108-70(31-27-40-104-96(99)100)85(128)114-75(48-63-52-102-56-106-63)88(131)112-73(46-61-33-36-65(123)37-34-61)87(130)111-72(45-58(3)4)86(129)115-76(50-79(97)124)89(132)113-74(90(133)117-83(59(5)6)93(136)101-8)47-62-51-105-68-29-24-23-28-66(62)68/h23-24,28-29,33-38,49,51-52,56-60,70-78,82-83,105,121-123H,9-22,25-27,30-32,39-48,50,53-55,98H2,1-8H3,(H2,97,124)(H,101,136)(H,102,106)(H,103,127)(H,108,126)(H,109,125)(H,110,135)(H,111,130)(H,112,131)(H,113,132)(H,114,128)(H,115,129)(H,116,134)(H,117,133)(H4,99,100,104)/t60-,70-,71-,72-,73-,74-,75-,76-,77-,78-,82-,83-/m0/s1. The van der Waals surface area contributed by atoms with E-state index in [4.69, 9.17) is 22.6 Å². The Labute approximate surface area is 804 Å². The van der Waals surface area contributed by atoms with Gasteiger partial charge < -0.3 is 121 Å². The predicted molar refractivity (Wildman–Crippen MR) is 520 cm³/mol. The van der Waals surface area contributed by atoms with E-state index in [1.54, 1.807) is 75.2 Å². The number of amides is 14. The van der Waals surface area contributed by atoms with Crippen LogP contribution < -0.4 is 96.8 Å². The van der Waals surface area contributed by atoms with Crippen LogP contribution in [0.2, 0.25) is 0 Å². The number of unbranched alkanes of at least 4 members (excludes halogenated alkanes) is 13. The molecule has 0 bridgehead atoms. The largest absolute Gasteiger partial charge is 0.508 e. The van der Waals surface area contributed by atoms with Crippen LogP contribution in [-0.4, -0.2) is 259 Å². The van der Waals surface area contributed by atoms with Crippen LogP contribution in [0.5, 0.6) is 5.75 Å². The molecule has 758 valence electrons. The number of H-pyrrole nitrogens is 2. The lowest BCUT2D eigenvalue weighted by atomic mass is 9.98. The fourth-order valence-electron chi connectivity index (χ4n) is 16.2. The third kappa shape index (κ3) is 37.1. The highest BCUT2D eigenvalue weighted by Gasteiger charge is 2.39. The van der Waals surface area contributed by atoms with Crippen molar-refractivity contribution in [3.8, 4) is 5.75 Å². The molecular weight excluding hydrogens is 1780 g/mol. The highest BCUT2D eigenvalue weighted by molar-refractivity contribution is 6.00. The van der Waals surface area contributed by atoms with E-state index >= 15 is 9.59 Å². The smallest absolute Gasteiger partial charge is 0.261 e. The molecule has 1 aliphatic rings. The van der Waals surface area contributed by atoms with Crippen molar-refractivity contribution in [1.29, 1.82) is 5.41 Å². The molecule has 3 aromatic heterocycles. The van der Waals surface area contributed by atoms with E-state index < -0.39 is 181 Å². The lowest BCUT2D eigenvalue weighted by Gasteiger charge is -2.38. The molecule has 6 aromatic rings. The molecule has 0 radical (unpaired) electrons. The van der Waals surface area contributed by atoms with Crippen molar-refractivity contribution in [2.45, 2.75) is 282 Å². The van der Waals surface area contributed by atoms with E-state index in [1.165, 1.54) is 95.2 Å². The molecule has 42 nitrogen and oxygen atoms in total. The number of nitrogens with one attached hydrogen (secondary N) is 16. The molecule has 0 unspecified atom stereocenters. The number of aliphatic hydroxyl groups excluding tert-OH is 2. The van der Waals surface area contributed by atoms with Gasteiger partial charge in [0.1, 0.15) is 72.7 Å². The van der Waals surface area contributed by atoms with Crippen LogP contribution in [0, 0.1) is 23.2 Å². The monoisotopic (exact) mass is 1920 g/mol. The number of phenols is 1. The molecule has 4 heterocycles. The summed E-state index contributed by atoms with van der Waals surface area (Å²) < 4.78 is 1.04. The van der Waals surface area contributed by atoms with Crippen molar-refractivity contribution in [1.82, 2.24) is 98.5 Å². The number of primary amides is 1. The molecule has 1 fully saturated rings. The molecule has 0 aliphatic carbocycles. The number of aromatic hydroxyl groups is 1. The first-order valence-corrected chi connectivity index (χ1v) is 48.2. The van der Waals surface area contributed by atoms with Gasteiger partial charge in [0.05, 0.1) is 49.2 Å². The number of nitrogens with two attached hydrogens (primary N) is 3. The summed E-state index contributed by atoms with van der Waals surface area (Å²) in [4.78, 5) is 229. The SMILES string of the molecule is CCCCCCCCCCCCCCCC(=O)N[C@@H](CO)C(=O)N[C@@H](CO)C(=O)NCCCC[C@H](NC(=O)[C@@H](N)[C@@H](C)CC)C(=O)N1CCN(c2ccc3ncn(CC(=O)N[C@@H](CCCNC(=N)N)C(=O)N[C@@H](Cc4cnc[nH]4)C(=O)N[C@@H](Cc4ccc(O)cc4)C(=O)N[C@@H](CC(C)C)C(=O)N[C@@H](CC(N)=O)C(=O)N[C@@H](Cc4c[nH]c5ccccc45)C(=O)N[C@H](C(=O)NC)C(C)C)c(=O)c3c2)CC1. The number of rotatable bonds is 62. The maximum absolute atomic E-state index is 15.1. The molecule has 12 atom stereocenters. The number of aromatic amines is 2. The molecule has 7 rings (SSSR count). The maximum atomic E-state index is 15.1. The fraction of sp³-hybridized carbons (Fsp3) is 0.583. The van der Waals surface area contributed by atoms with E-state index in [1.807, 2.05) is 24.8 Å². The second-order valence-corrected chi connectivity index (χ2v) is 36.3. The third-order valence-corrected chi connectivity index (χ3v) is 24.5. The molecule has 3 aromatic carbocycles. The Hall–Kier alpha value is -13.1. The van der Waals surface area contributed by atoms with Crippen LogP contribution in [0.25, 0.3) is 21.8 Å². The van der Waals surface area contributed by atoms with Crippen LogP contribution in [-0.2, 0) is 92.9 Å². The number of anilines is 1. The van der Waals surface area contributed by atoms with Gasteiger partial charge in [0, 0.05) is 107 Å². The normalized spacial score (nSPS) is 14.7. The van der Waals surface area contributed by atoms with Gasteiger partial charge >= 0.3 is 0 Å². The van der Waals surface area contributed by atoms with Crippen molar-refractivity contribution in [3.05, 3.63) is 119 Å². The summed E-state index contributed by atoms with van der Waals surface area (Å²) in [5.74, 6) is -12.5. The highest BCUT2D eigenvalue weighted by Crippen LogP contribution is 2.25. The Balaban J connectivity index is 0.999. The van der Waals surface area contributed by atoms with E-state index in [2.05, 4.69) is 96.0 Å². The first-order chi connectivity index (χ1) is 66.0. The number of aromatic nitrogens is 5. The summed E-state index contributed by atoms with van der Waals surface area (Å²) in [5, 5.41) is 73.5. The number of guanidine groups is 1. The van der Waals surface area contributed by atoms with E-state index in [0.717, 1.165) is 47.5 Å². The number of phenolic OH excluding ortho intramolecular Hbond substituents is 1. The van der Waals surface area contributed by atoms with Crippen LogP contribution in [0.3, 0.4) is 0 Å². The van der Waals surface area contributed by atoms with Crippen molar-refractivity contribution < 1.29 is 82.4 Å². The zero-order chi connectivity index (χ0) is 101. The topological polar surface area (TPSA) is 644 Å². The number of fused-ring (bicyclic) bond motifs is 2. The molecule has 1 saturated heterocycles. The molecular formula is C96H146N24O18. The molecule has 1 aliphatic heterocycles. The first-order valence-electron chi connectivity index (χ1n) is 48.2. The summed E-state index contributed by atoms with van der Waals surface area (Å²) >= 11 is 0. The number of nitrogens with zero attached hydrogens (tertiary/aromatic N) is 5. The van der Waals surface area contributed by atoms with Gasteiger partial charge in [-0.1, -0.05) is 162 Å². The van der Waals surface area contributed by atoms with Crippen LogP contribution in [0.1, 0.15) is 207 Å². The Morgan fingerprint density at radius 3 is 1.67 bits per heavy atom. The Kier molecular flexibility index (Phi) is 47.4. The summed E-state index contributed by atoms with van der Waals surface area (Å²) in [6.07, 6.45) is 20.1. The average molecular weight is 1920 g/mol. The van der Waals surface area contributed by atoms with Crippen LogP contribution in [0.4, 0.5) is 5.69 Å². The fourth-order valence-corrected chi connectivity index (χ4v) is 16.2. The molecule has 138 heavy (non-hydrogen) atoms. The minimum atomic E-state index is -1.76. The number of carbonyl (C=O) groups excluding carboxylic acids is 14. The highest BCUT2D eigenvalue weighted by atomic mass is 16.3. The Morgan fingerprint density at radius 2 is 1.07 bits per heavy atom. The number of carbonyl (C=O) groups is 14. The second-order valence-electron chi connectivity index (χ2n) is 36.3. The number of piperazine rings is 1. The van der Waals surface area contributed by atoms with E-state index in [-0.39, 0.29) is 131 Å². The van der Waals surface area contributed by atoms with Crippen molar-refractivity contribution in [3.63, 3.8) is 0 Å². The quantitative estimate of drug-likeness (QED) is 0.0145. The number of imidazole rings is 1. The number of hydrogen-bond acceptors (Lipinski definition) is 23. The van der Waals surface area contributed by atoms with Gasteiger partial charge in [-0.25, -0.2) is 9.97 Å². The maximum Gasteiger partial charge on any atom is 0.261 e. The minimum absolute atomic E-state index is 0.0418. The summed E-state index contributed by atoms with van der Waals surface area (Å²) in [6, 6.07) is 2.73. The molecule has 14 amide bonds. The van der Waals surface area contributed by atoms with Gasteiger partial charge in [-0.15, -0.1) is 0 Å². The lowest BCUT2D eigenvalue weighted by molar-refractivity contribution is -0.137. The van der Waals surface area contributed by atoms with Crippen molar-refractivity contribution in [2.75, 3.05) is 64.4 Å². The zero-order valence-electron chi connectivity index (χ0n) is 80.7. The van der Waals surface area contributed by atoms with Gasteiger partial charge in [-0.2, -0.15) is 0 Å². The van der Waals surface area contributed by atoms with Crippen molar-refractivity contribution >= 4 is 116 Å². The van der Waals surface area contributed by atoms with Gasteiger partial charge in [-0.3, -0.25) is 81.9 Å². The number of likely N-dealkylation sites (N-methyl/N-ethyl adjacent to an activating group) is 1. The van der Waals surface area contributed by atoms with Crippen molar-refractivity contribution in [2.24, 2.45) is 35.0 Å². The number of para-hydroxylation sites is 1. The summed E-state index contributed by atoms with van der Waals surface area (Å²) in [7, 11) is 1.40. The van der Waals surface area contributed by atoms with Gasteiger partial charge in [0.25, 0.3) is 5.56 Å². The number of hydrogen-bond donors (Lipinski definition) is 22. The predicted octanol–water partition coefficient (Wildman–Crippen LogP) is 1.24. The van der Waals surface area contributed by atoms with Gasteiger partial charge in [0.15, 0.2) is 5.96 Å². The Morgan fingerprint density at radius 1 is 0.529 bits per heavy atom. The molecule has 25 N–H and O–H groups in total. The van der Waals surface area contributed by atoms with Gasteiger partial charge in [-0.05, 0) is 110 Å².